The zero-order chi connectivity index (χ0) is 17.7. The minimum absolute atomic E-state index is 0.0105. The summed E-state index contributed by atoms with van der Waals surface area (Å²) in [7, 11) is 1.59. The first-order valence-electron chi connectivity index (χ1n) is 8.32. The van der Waals surface area contributed by atoms with E-state index >= 15 is 0 Å². The number of hydrogen-bond donors (Lipinski definition) is 1. The molecule has 1 fully saturated rings. The average molecular weight is 336 g/mol. The number of hydrogen-bond acceptors (Lipinski definition) is 3. The van der Waals surface area contributed by atoms with E-state index in [0.29, 0.717) is 37.9 Å². The molecule has 6 heteroatoms. The third-order valence-corrected chi connectivity index (χ3v) is 4.47. The quantitative estimate of drug-likeness (QED) is 0.885. The van der Waals surface area contributed by atoms with Gasteiger partial charge in [0.2, 0.25) is 11.8 Å². The van der Waals surface area contributed by atoms with E-state index in [-0.39, 0.29) is 30.3 Å². The zero-order valence-electron chi connectivity index (χ0n) is 14.2. The smallest absolute Gasteiger partial charge is 0.242 e. The van der Waals surface area contributed by atoms with Crippen LogP contribution in [0.15, 0.2) is 24.3 Å². The standard InChI is InChI=1S/C18H25FN2O3/c1-13(11-14-5-3-4-6-16(14)19)18(24)20(2)12-17(23)21-9-7-15(22)8-10-21/h3-6,13,15,22H,7-12H2,1-2H3. The number of halogens is 1. The first kappa shape index (κ1) is 18.4. The number of piperidine rings is 1. The van der Waals surface area contributed by atoms with Gasteiger partial charge in [-0.25, -0.2) is 4.39 Å². The summed E-state index contributed by atoms with van der Waals surface area (Å²) < 4.78 is 13.7. The number of aliphatic hydroxyl groups excluding tert-OH is 1. The van der Waals surface area contributed by atoms with Gasteiger partial charge in [0.25, 0.3) is 0 Å². The second kappa shape index (κ2) is 8.24. The van der Waals surface area contributed by atoms with E-state index in [1.807, 2.05) is 0 Å². The molecular weight excluding hydrogens is 311 g/mol. The van der Waals surface area contributed by atoms with Crippen LogP contribution in [0.5, 0.6) is 0 Å². The second-order valence-corrected chi connectivity index (χ2v) is 6.50. The van der Waals surface area contributed by atoms with Crippen LogP contribution in [0.25, 0.3) is 0 Å². The van der Waals surface area contributed by atoms with Crippen molar-refractivity contribution in [3.63, 3.8) is 0 Å². The highest BCUT2D eigenvalue weighted by Gasteiger charge is 2.25. The lowest BCUT2D eigenvalue weighted by atomic mass is 9.99. The summed E-state index contributed by atoms with van der Waals surface area (Å²) in [6.07, 6.45) is 1.12. The summed E-state index contributed by atoms with van der Waals surface area (Å²) in [5.41, 5.74) is 0.503. The zero-order valence-corrected chi connectivity index (χ0v) is 14.2. The molecule has 132 valence electrons. The Hall–Kier alpha value is -1.95. The summed E-state index contributed by atoms with van der Waals surface area (Å²) >= 11 is 0. The van der Waals surface area contributed by atoms with Gasteiger partial charge >= 0.3 is 0 Å². The highest BCUT2D eigenvalue weighted by Crippen LogP contribution is 2.15. The largest absolute Gasteiger partial charge is 0.393 e. The number of likely N-dealkylation sites (tertiary alicyclic amines) is 1. The topological polar surface area (TPSA) is 60.9 Å². The second-order valence-electron chi connectivity index (χ2n) is 6.50. The maximum absolute atomic E-state index is 13.7. The molecule has 1 aromatic rings. The fraction of sp³-hybridized carbons (Fsp3) is 0.556. The molecule has 1 heterocycles. The maximum Gasteiger partial charge on any atom is 0.242 e. The number of nitrogens with zero attached hydrogens (tertiary/aromatic N) is 2. The third kappa shape index (κ3) is 4.77. The minimum atomic E-state index is -0.400. The molecule has 0 aromatic heterocycles. The predicted octanol–water partition coefficient (Wildman–Crippen LogP) is 1.45. The lowest BCUT2D eigenvalue weighted by molar-refractivity contribution is -0.142. The van der Waals surface area contributed by atoms with Crippen molar-refractivity contribution in [2.24, 2.45) is 5.92 Å². The van der Waals surface area contributed by atoms with Crippen LogP contribution in [0, 0.1) is 11.7 Å². The van der Waals surface area contributed by atoms with Gasteiger partial charge in [0.15, 0.2) is 0 Å². The van der Waals surface area contributed by atoms with E-state index < -0.39 is 5.92 Å². The number of carbonyl (C=O) groups is 2. The van der Waals surface area contributed by atoms with Crippen molar-refractivity contribution in [2.75, 3.05) is 26.7 Å². The summed E-state index contributed by atoms with van der Waals surface area (Å²) in [5.74, 6) is -1.01. The monoisotopic (exact) mass is 336 g/mol. The normalized spacial score (nSPS) is 16.8. The van der Waals surface area contributed by atoms with Gasteiger partial charge in [-0.05, 0) is 30.9 Å². The lowest BCUT2D eigenvalue weighted by Crippen LogP contribution is -2.46. The van der Waals surface area contributed by atoms with Crippen LogP contribution in [0.3, 0.4) is 0 Å². The molecule has 0 radical (unpaired) electrons. The van der Waals surface area contributed by atoms with Crippen molar-refractivity contribution in [1.29, 1.82) is 0 Å². The molecule has 5 nitrogen and oxygen atoms in total. The first-order valence-corrected chi connectivity index (χ1v) is 8.32. The Kier molecular flexibility index (Phi) is 6.31. The molecule has 1 atom stereocenters. The Morgan fingerprint density at radius 3 is 2.58 bits per heavy atom. The molecule has 1 unspecified atom stereocenters. The Bertz CT molecular complexity index is 585. The van der Waals surface area contributed by atoms with Crippen molar-refractivity contribution in [1.82, 2.24) is 9.80 Å². The molecule has 2 rings (SSSR count). The molecule has 1 aliphatic rings. The van der Waals surface area contributed by atoms with Crippen molar-refractivity contribution in [3.05, 3.63) is 35.6 Å². The number of rotatable bonds is 5. The Morgan fingerprint density at radius 2 is 1.96 bits per heavy atom. The van der Waals surface area contributed by atoms with Gasteiger partial charge in [0.1, 0.15) is 5.82 Å². The highest BCUT2D eigenvalue weighted by molar-refractivity contribution is 5.85. The van der Waals surface area contributed by atoms with E-state index in [1.54, 1.807) is 37.1 Å². The molecule has 2 amide bonds. The molecule has 0 bridgehead atoms. The Balaban J connectivity index is 1.87. The predicted molar refractivity (Wildman–Crippen MR) is 88.7 cm³/mol. The first-order chi connectivity index (χ1) is 11.4. The van der Waals surface area contributed by atoms with Gasteiger partial charge in [-0.2, -0.15) is 0 Å². The molecule has 24 heavy (non-hydrogen) atoms. The summed E-state index contributed by atoms with van der Waals surface area (Å²) in [5, 5.41) is 9.48. The Labute approximate surface area is 142 Å². The molecule has 1 aliphatic heterocycles. The molecule has 1 saturated heterocycles. The van der Waals surface area contributed by atoms with Crippen LogP contribution in [0.4, 0.5) is 4.39 Å². The van der Waals surface area contributed by atoms with Crippen LogP contribution in [-0.2, 0) is 16.0 Å². The van der Waals surface area contributed by atoms with E-state index in [0.717, 1.165) is 0 Å². The van der Waals surface area contributed by atoms with E-state index in [2.05, 4.69) is 0 Å². The number of amides is 2. The molecule has 0 spiro atoms. The van der Waals surface area contributed by atoms with Gasteiger partial charge in [-0.15, -0.1) is 0 Å². The summed E-state index contributed by atoms with van der Waals surface area (Å²) in [6.45, 7) is 2.79. The SMILES string of the molecule is CC(Cc1ccccc1F)C(=O)N(C)CC(=O)N1CCC(O)CC1. The molecule has 1 N–H and O–H groups in total. The van der Waals surface area contributed by atoms with Crippen molar-refractivity contribution >= 4 is 11.8 Å². The van der Waals surface area contributed by atoms with Crippen LogP contribution < -0.4 is 0 Å². The molecule has 0 aliphatic carbocycles. The average Bonchev–Trinajstić information content (AvgIpc) is 2.56. The third-order valence-electron chi connectivity index (χ3n) is 4.47. The lowest BCUT2D eigenvalue weighted by Gasteiger charge is -2.31. The summed E-state index contributed by atoms with van der Waals surface area (Å²) in [6, 6.07) is 6.41. The fourth-order valence-corrected chi connectivity index (χ4v) is 2.95. The van der Waals surface area contributed by atoms with Crippen molar-refractivity contribution in [3.8, 4) is 0 Å². The molecule has 0 saturated carbocycles. The van der Waals surface area contributed by atoms with E-state index in [9.17, 15) is 19.1 Å². The van der Waals surface area contributed by atoms with Gasteiger partial charge in [0, 0.05) is 26.1 Å². The van der Waals surface area contributed by atoms with Gasteiger partial charge in [-0.3, -0.25) is 9.59 Å². The number of carbonyl (C=O) groups excluding carboxylic acids is 2. The summed E-state index contributed by atoms with van der Waals surface area (Å²) in [4.78, 5) is 27.7. The van der Waals surface area contributed by atoms with Gasteiger partial charge in [0.05, 0.1) is 12.6 Å². The van der Waals surface area contributed by atoms with E-state index in [1.165, 1.54) is 11.0 Å². The molecule has 1 aromatic carbocycles. The van der Waals surface area contributed by atoms with Crippen LogP contribution in [0.2, 0.25) is 0 Å². The maximum atomic E-state index is 13.7. The fourth-order valence-electron chi connectivity index (χ4n) is 2.95. The highest BCUT2D eigenvalue weighted by atomic mass is 19.1. The van der Waals surface area contributed by atoms with Crippen LogP contribution in [-0.4, -0.2) is 59.5 Å². The van der Waals surface area contributed by atoms with Crippen molar-refractivity contribution < 1.29 is 19.1 Å². The van der Waals surface area contributed by atoms with Gasteiger partial charge < -0.3 is 14.9 Å². The number of likely N-dealkylation sites (N-methyl/N-ethyl adjacent to an activating group) is 1. The number of benzene rings is 1. The van der Waals surface area contributed by atoms with Crippen LogP contribution in [0.1, 0.15) is 25.3 Å². The number of aliphatic hydroxyl groups is 1. The van der Waals surface area contributed by atoms with E-state index in [4.69, 9.17) is 0 Å². The van der Waals surface area contributed by atoms with Crippen molar-refractivity contribution in [2.45, 2.75) is 32.3 Å². The molecular formula is C18H25FN2O3. The Morgan fingerprint density at radius 1 is 1.33 bits per heavy atom. The van der Waals surface area contributed by atoms with Gasteiger partial charge in [-0.1, -0.05) is 25.1 Å². The minimum Gasteiger partial charge on any atom is -0.393 e. The van der Waals surface area contributed by atoms with Crippen LogP contribution >= 0.6 is 0 Å².